The molecule has 2 heterocycles. The second kappa shape index (κ2) is 12.2. The highest BCUT2D eigenvalue weighted by molar-refractivity contribution is 6.11. The Morgan fingerprint density at radius 1 is 0.321 bits per heavy atom. The van der Waals surface area contributed by atoms with Gasteiger partial charge in [-0.15, -0.1) is 0 Å². The van der Waals surface area contributed by atoms with Crippen LogP contribution >= 0.6 is 0 Å². The third kappa shape index (κ3) is 4.56. The lowest BCUT2D eigenvalue weighted by atomic mass is 9.67. The van der Waals surface area contributed by atoms with E-state index >= 15 is 0 Å². The predicted molar refractivity (Wildman–Crippen MR) is 235 cm³/mol. The summed E-state index contributed by atoms with van der Waals surface area (Å²) in [5, 5.41) is 5.17. The maximum absolute atomic E-state index is 2.56. The van der Waals surface area contributed by atoms with Gasteiger partial charge in [0, 0.05) is 38.3 Å². The fourth-order valence-corrected chi connectivity index (χ4v) is 10.6. The van der Waals surface area contributed by atoms with Crippen molar-refractivity contribution in [3.05, 3.63) is 193 Å². The topological polar surface area (TPSA) is 9.86 Å². The van der Waals surface area contributed by atoms with E-state index in [1.165, 1.54) is 132 Å². The molecule has 0 radical (unpaired) electrons. The lowest BCUT2D eigenvalue weighted by molar-refractivity contribution is 0.353. The highest BCUT2D eigenvalue weighted by atomic mass is 15.0. The van der Waals surface area contributed by atoms with Crippen LogP contribution in [0.4, 0.5) is 0 Å². The Bertz CT molecular complexity index is 2950. The molecule has 8 aromatic carbocycles. The number of hydrogen-bond donors (Lipinski definition) is 0. The second-order valence-electron chi connectivity index (χ2n) is 16.0. The van der Waals surface area contributed by atoms with Gasteiger partial charge < -0.3 is 9.13 Å². The van der Waals surface area contributed by atoms with Crippen molar-refractivity contribution in [2.75, 3.05) is 0 Å². The zero-order valence-corrected chi connectivity index (χ0v) is 31.3. The number of fused-ring (bicyclic) bond motifs is 11. The third-order valence-corrected chi connectivity index (χ3v) is 13.1. The average molecular weight is 717 g/mol. The Morgan fingerprint density at radius 2 is 0.714 bits per heavy atom. The Morgan fingerprint density at radius 3 is 1.20 bits per heavy atom. The second-order valence-corrected chi connectivity index (χ2v) is 16.0. The van der Waals surface area contributed by atoms with Crippen molar-refractivity contribution >= 4 is 43.6 Å². The van der Waals surface area contributed by atoms with Gasteiger partial charge in [0.15, 0.2) is 0 Å². The maximum Gasteiger partial charge on any atom is 0.0547 e. The minimum Gasteiger partial charge on any atom is -0.309 e. The van der Waals surface area contributed by atoms with E-state index < -0.39 is 0 Å². The summed E-state index contributed by atoms with van der Waals surface area (Å²) in [6.07, 6.45) is 6.23. The standard InChI is InChI=1S/C54H40N2/c1-4-14-40(15-5-1)55-50-20-10-8-18-44(50)46-28-24-38(34-52(46)55)36-22-26-42-43-27-23-37(33-49(43)54(48(42)32-36)30-12-3-13-31-54)39-25-29-47-45-19-9-11-21-51(45)56(53(47)35-39)41-16-6-2-7-17-41/h1-2,4-11,14-29,32-35H,3,12-13,30-31H2. The normalized spacial score (nSPS) is 14.6. The van der Waals surface area contributed by atoms with Crippen LogP contribution in [0.15, 0.2) is 182 Å². The zero-order chi connectivity index (χ0) is 36.8. The van der Waals surface area contributed by atoms with E-state index in [0.717, 1.165) is 0 Å². The van der Waals surface area contributed by atoms with Crippen molar-refractivity contribution in [1.29, 1.82) is 0 Å². The molecule has 0 atom stereocenters. The summed E-state index contributed by atoms with van der Waals surface area (Å²) in [5.41, 5.74) is 18.4. The van der Waals surface area contributed by atoms with E-state index in [1.807, 2.05) is 0 Å². The van der Waals surface area contributed by atoms with Crippen LogP contribution in [0.2, 0.25) is 0 Å². The molecule has 0 unspecified atom stereocenters. The van der Waals surface area contributed by atoms with Crippen LogP contribution in [-0.2, 0) is 5.41 Å². The highest BCUT2D eigenvalue weighted by Gasteiger charge is 2.44. The SMILES string of the molecule is c1ccc(-n2c3ccccc3c3ccc(-c4ccc5c(c4)C4(CCCCC4)c4cc(-c6ccc7c8ccccc8n(-c8ccccc8)c7c6)ccc4-5)cc32)cc1. The summed E-state index contributed by atoms with van der Waals surface area (Å²) in [6.45, 7) is 0. The Hall–Kier alpha value is -6.64. The van der Waals surface area contributed by atoms with Gasteiger partial charge in [0.05, 0.1) is 22.1 Å². The molecule has 2 aliphatic rings. The third-order valence-electron chi connectivity index (χ3n) is 13.1. The minimum atomic E-state index is 0.0288. The quantitative estimate of drug-likeness (QED) is 0.172. The van der Waals surface area contributed by atoms with Gasteiger partial charge in [0.2, 0.25) is 0 Å². The number of hydrogen-bond acceptors (Lipinski definition) is 0. The van der Waals surface area contributed by atoms with Gasteiger partial charge in [0.1, 0.15) is 0 Å². The number of nitrogens with zero attached hydrogens (tertiary/aromatic N) is 2. The largest absolute Gasteiger partial charge is 0.309 e. The van der Waals surface area contributed by atoms with Gasteiger partial charge in [-0.3, -0.25) is 0 Å². The molecule has 2 nitrogen and oxygen atoms in total. The minimum absolute atomic E-state index is 0.0288. The van der Waals surface area contributed by atoms with Crippen LogP contribution in [0, 0.1) is 0 Å². The lowest BCUT2D eigenvalue weighted by Crippen LogP contribution is -2.28. The van der Waals surface area contributed by atoms with Gasteiger partial charge in [-0.2, -0.15) is 0 Å². The van der Waals surface area contributed by atoms with E-state index in [-0.39, 0.29) is 5.41 Å². The van der Waals surface area contributed by atoms with Gasteiger partial charge in [0.25, 0.3) is 0 Å². The molecule has 1 saturated carbocycles. The molecular weight excluding hydrogens is 677 g/mol. The summed E-state index contributed by atoms with van der Waals surface area (Å²) >= 11 is 0. The fraction of sp³-hybridized carbons (Fsp3) is 0.111. The molecular formula is C54H40N2. The van der Waals surface area contributed by atoms with Crippen LogP contribution in [0.1, 0.15) is 43.2 Å². The molecule has 1 fully saturated rings. The monoisotopic (exact) mass is 716 g/mol. The number of para-hydroxylation sites is 4. The molecule has 12 rings (SSSR count). The van der Waals surface area contributed by atoms with Gasteiger partial charge in [-0.05, 0) is 118 Å². The van der Waals surface area contributed by atoms with Gasteiger partial charge >= 0.3 is 0 Å². The van der Waals surface area contributed by atoms with E-state index in [1.54, 1.807) is 0 Å². The van der Waals surface area contributed by atoms with E-state index in [2.05, 4.69) is 191 Å². The average Bonchev–Trinajstić information content (AvgIpc) is 3.87. The van der Waals surface area contributed by atoms with Crippen molar-refractivity contribution in [3.63, 3.8) is 0 Å². The Balaban J connectivity index is 0.997. The summed E-state index contributed by atoms with van der Waals surface area (Å²) in [4.78, 5) is 0. The molecule has 0 aliphatic heterocycles. The molecule has 0 amide bonds. The van der Waals surface area contributed by atoms with Crippen molar-refractivity contribution in [2.24, 2.45) is 0 Å². The molecule has 10 aromatic rings. The smallest absolute Gasteiger partial charge is 0.0547 e. The first-order valence-electron chi connectivity index (χ1n) is 20.2. The Kier molecular flexibility index (Phi) is 6.89. The first-order valence-corrected chi connectivity index (χ1v) is 20.2. The molecule has 2 aliphatic carbocycles. The fourth-order valence-electron chi connectivity index (χ4n) is 10.6. The summed E-state index contributed by atoms with van der Waals surface area (Å²) < 4.78 is 4.86. The van der Waals surface area contributed by atoms with Crippen molar-refractivity contribution in [1.82, 2.24) is 9.13 Å². The molecule has 266 valence electrons. The van der Waals surface area contributed by atoms with Crippen molar-refractivity contribution < 1.29 is 0 Å². The summed E-state index contributed by atoms with van der Waals surface area (Å²) in [7, 11) is 0. The zero-order valence-electron chi connectivity index (χ0n) is 31.3. The van der Waals surface area contributed by atoms with Gasteiger partial charge in [-0.1, -0.05) is 141 Å². The summed E-state index contributed by atoms with van der Waals surface area (Å²) in [6, 6.07) is 68.1. The van der Waals surface area contributed by atoms with Gasteiger partial charge in [-0.25, -0.2) is 0 Å². The van der Waals surface area contributed by atoms with E-state index in [4.69, 9.17) is 0 Å². The molecule has 1 spiro atoms. The number of aromatic nitrogens is 2. The first kappa shape index (κ1) is 31.7. The molecule has 0 saturated heterocycles. The first-order chi connectivity index (χ1) is 27.7. The Labute approximate surface area is 326 Å². The predicted octanol–water partition coefficient (Wildman–Crippen LogP) is 14.4. The molecule has 0 N–H and O–H groups in total. The molecule has 2 aromatic heterocycles. The van der Waals surface area contributed by atoms with Crippen molar-refractivity contribution in [3.8, 4) is 44.8 Å². The van der Waals surface area contributed by atoms with Crippen LogP contribution < -0.4 is 0 Å². The number of rotatable bonds is 4. The van der Waals surface area contributed by atoms with Crippen molar-refractivity contribution in [2.45, 2.75) is 37.5 Å². The molecule has 0 bridgehead atoms. The highest BCUT2D eigenvalue weighted by Crippen LogP contribution is 2.57. The molecule has 2 heteroatoms. The van der Waals surface area contributed by atoms with E-state index in [0.29, 0.717) is 0 Å². The van der Waals surface area contributed by atoms with Crippen LogP contribution in [0.25, 0.3) is 88.4 Å². The number of benzene rings is 8. The lowest BCUT2D eigenvalue weighted by Gasteiger charge is -2.36. The molecule has 56 heavy (non-hydrogen) atoms. The maximum atomic E-state index is 2.56. The van der Waals surface area contributed by atoms with Crippen LogP contribution in [-0.4, -0.2) is 9.13 Å². The van der Waals surface area contributed by atoms with Crippen LogP contribution in [0.5, 0.6) is 0 Å². The van der Waals surface area contributed by atoms with E-state index in [9.17, 15) is 0 Å². The summed E-state index contributed by atoms with van der Waals surface area (Å²) in [5.74, 6) is 0. The van der Waals surface area contributed by atoms with Crippen LogP contribution in [0.3, 0.4) is 0 Å².